The first kappa shape index (κ1) is 20.9. The van der Waals surface area contributed by atoms with Crippen molar-refractivity contribution in [3.63, 3.8) is 0 Å². The number of nitrogens with one attached hydrogen (secondary N) is 1. The molecular weight excluding hydrogens is 385 g/mol. The smallest absolute Gasteiger partial charge is 0.326 e. The van der Waals surface area contributed by atoms with E-state index >= 15 is 0 Å². The molecule has 1 unspecified atom stereocenters. The number of rotatable bonds is 7. The minimum atomic E-state index is -4.17. The number of amides is 1. The summed E-state index contributed by atoms with van der Waals surface area (Å²) in [5.41, 5.74) is 0.131. The third-order valence-corrected chi connectivity index (χ3v) is 6.81. The zero-order valence-electron chi connectivity index (χ0n) is 16.3. The fourth-order valence-electron chi connectivity index (χ4n) is 3.95. The van der Waals surface area contributed by atoms with Crippen LogP contribution in [0.4, 0.5) is 10.1 Å². The lowest BCUT2D eigenvalue weighted by molar-refractivity contribution is -0.117. The number of aromatic hydroxyl groups is 1. The van der Waals surface area contributed by atoms with Crippen molar-refractivity contribution in [2.24, 2.45) is 5.92 Å². The highest BCUT2D eigenvalue weighted by molar-refractivity contribution is 7.92. The highest BCUT2D eigenvalue weighted by Crippen LogP contribution is 2.35. The number of halogens is 1. The van der Waals surface area contributed by atoms with Crippen LogP contribution in [-0.2, 0) is 21.4 Å². The molecule has 2 heterocycles. The summed E-state index contributed by atoms with van der Waals surface area (Å²) in [7, 11) is -4.17. The fraction of sp³-hybridized carbons (Fsp3) is 0.632. The van der Waals surface area contributed by atoms with Crippen LogP contribution in [0.15, 0.2) is 12.1 Å². The number of likely N-dealkylation sites (tertiary alicyclic amines) is 1. The number of carbonyl (C=O) groups is 1. The quantitative estimate of drug-likeness (QED) is 0.715. The summed E-state index contributed by atoms with van der Waals surface area (Å²) in [6.07, 6.45) is 4.88. The summed E-state index contributed by atoms with van der Waals surface area (Å²) in [6.45, 7) is 6.03. The molecule has 1 aromatic rings. The average Bonchev–Trinajstić information content (AvgIpc) is 3.13. The van der Waals surface area contributed by atoms with Gasteiger partial charge < -0.3 is 10.0 Å². The van der Waals surface area contributed by atoms with Gasteiger partial charge in [-0.3, -0.25) is 4.79 Å². The first-order valence-corrected chi connectivity index (χ1v) is 11.2. The molecule has 0 aromatic heterocycles. The van der Waals surface area contributed by atoms with Crippen LogP contribution in [0.3, 0.4) is 0 Å². The molecule has 2 aliphatic heterocycles. The van der Waals surface area contributed by atoms with E-state index in [0.29, 0.717) is 28.2 Å². The topological polar surface area (TPSA) is 89.9 Å². The third kappa shape index (κ3) is 4.57. The molecule has 2 saturated heterocycles. The molecule has 0 bridgehead atoms. The standard InChI is InChI=1S/C19H28FN3O4S/c1-13(2)7-9-22-8-3-4-15(22)6-5-14-10-16(20)19(17(24)11-14)23-12-18(25)21-28(23,26)27/h10-11,13,15,24H,3-9,12H2,1-2H3,(H,21,25). The monoisotopic (exact) mass is 413 g/mol. The average molecular weight is 414 g/mol. The van der Waals surface area contributed by atoms with E-state index in [0.717, 1.165) is 38.8 Å². The number of nitrogens with zero attached hydrogens (tertiary/aromatic N) is 2. The van der Waals surface area contributed by atoms with Gasteiger partial charge in [-0.2, -0.15) is 8.42 Å². The molecule has 0 aliphatic carbocycles. The van der Waals surface area contributed by atoms with Gasteiger partial charge in [0.15, 0.2) is 5.82 Å². The Kier molecular flexibility index (Phi) is 6.14. The van der Waals surface area contributed by atoms with E-state index in [-0.39, 0.29) is 0 Å². The van der Waals surface area contributed by atoms with Crippen LogP contribution in [0.2, 0.25) is 0 Å². The Morgan fingerprint density at radius 3 is 2.71 bits per heavy atom. The molecule has 3 rings (SSSR count). The summed E-state index contributed by atoms with van der Waals surface area (Å²) in [5.74, 6) is -1.43. The molecule has 0 saturated carbocycles. The molecular formula is C19H28FN3O4S. The highest BCUT2D eigenvalue weighted by atomic mass is 32.2. The van der Waals surface area contributed by atoms with Crippen molar-refractivity contribution in [3.8, 4) is 5.75 Å². The molecule has 1 atom stereocenters. The second-order valence-electron chi connectivity index (χ2n) is 8.04. The van der Waals surface area contributed by atoms with Crippen LogP contribution >= 0.6 is 0 Å². The van der Waals surface area contributed by atoms with Gasteiger partial charge in [0.1, 0.15) is 18.0 Å². The maximum atomic E-state index is 14.6. The Hall–Kier alpha value is -1.87. The van der Waals surface area contributed by atoms with Crippen molar-refractivity contribution in [1.82, 2.24) is 9.62 Å². The van der Waals surface area contributed by atoms with E-state index in [1.807, 2.05) is 0 Å². The summed E-state index contributed by atoms with van der Waals surface area (Å²) >= 11 is 0. The van der Waals surface area contributed by atoms with Crippen LogP contribution in [-0.4, -0.2) is 50.0 Å². The lowest BCUT2D eigenvalue weighted by atomic mass is 10.0. The van der Waals surface area contributed by atoms with E-state index in [1.54, 1.807) is 4.72 Å². The number of carbonyl (C=O) groups excluding carboxylic acids is 1. The first-order valence-electron chi connectivity index (χ1n) is 9.76. The van der Waals surface area contributed by atoms with Gasteiger partial charge in [0, 0.05) is 6.04 Å². The van der Waals surface area contributed by atoms with Crippen molar-refractivity contribution in [3.05, 3.63) is 23.5 Å². The molecule has 9 heteroatoms. The van der Waals surface area contributed by atoms with Crippen molar-refractivity contribution in [2.45, 2.75) is 52.0 Å². The Balaban J connectivity index is 1.69. The van der Waals surface area contributed by atoms with Crippen LogP contribution in [0, 0.1) is 11.7 Å². The Morgan fingerprint density at radius 2 is 2.11 bits per heavy atom. The van der Waals surface area contributed by atoms with Gasteiger partial charge in [0.05, 0.1) is 0 Å². The number of hydrogen-bond donors (Lipinski definition) is 2. The zero-order chi connectivity index (χ0) is 20.5. The maximum absolute atomic E-state index is 14.6. The van der Waals surface area contributed by atoms with E-state index in [2.05, 4.69) is 18.7 Å². The van der Waals surface area contributed by atoms with Gasteiger partial charge >= 0.3 is 10.2 Å². The lowest BCUT2D eigenvalue weighted by Crippen LogP contribution is -2.31. The maximum Gasteiger partial charge on any atom is 0.326 e. The summed E-state index contributed by atoms with van der Waals surface area (Å²) in [4.78, 5) is 13.9. The molecule has 1 aromatic carbocycles. The highest BCUT2D eigenvalue weighted by Gasteiger charge is 2.37. The normalized spacial score (nSPS) is 22.2. The van der Waals surface area contributed by atoms with Crippen LogP contribution in [0.5, 0.6) is 5.75 Å². The largest absolute Gasteiger partial charge is 0.506 e. The molecule has 2 aliphatic rings. The number of anilines is 1. The first-order chi connectivity index (χ1) is 13.2. The van der Waals surface area contributed by atoms with Crippen molar-refractivity contribution >= 4 is 21.8 Å². The predicted octanol–water partition coefficient (Wildman–Crippen LogP) is 2.16. The molecule has 156 valence electrons. The van der Waals surface area contributed by atoms with Crippen LogP contribution in [0.25, 0.3) is 0 Å². The Labute approximate surface area is 165 Å². The summed E-state index contributed by atoms with van der Waals surface area (Å²) in [5, 5.41) is 10.2. The van der Waals surface area contributed by atoms with Gasteiger partial charge in [-0.15, -0.1) is 0 Å². The second kappa shape index (κ2) is 8.24. The van der Waals surface area contributed by atoms with E-state index in [1.165, 1.54) is 12.1 Å². The van der Waals surface area contributed by atoms with Gasteiger partial charge in [0.25, 0.3) is 5.91 Å². The Bertz CT molecular complexity index is 821. The van der Waals surface area contributed by atoms with Gasteiger partial charge in [-0.05, 0) is 68.8 Å². The van der Waals surface area contributed by atoms with Crippen molar-refractivity contribution in [2.75, 3.05) is 23.9 Å². The summed E-state index contributed by atoms with van der Waals surface area (Å²) < 4.78 is 40.8. The number of phenols is 1. The molecule has 0 radical (unpaired) electrons. The number of benzene rings is 1. The summed E-state index contributed by atoms with van der Waals surface area (Å²) in [6, 6.07) is 3.09. The Morgan fingerprint density at radius 1 is 1.36 bits per heavy atom. The van der Waals surface area contributed by atoms with Crippen molar-refractivity contribution in [1.29, 1.82) is 0 Å². The van der Waals surface area contributed by atoms with Crippen LogP contribution < -0.4 is 9.03 Å². The zero-order valence-corrected chi connectivity index (χ0v) is 17.1. The molecule has 0 spiro atoms. The molecule has 7 nitrogen and oxygen atoms in total. The van der Waals surface area contributed by atoms with E-state index < -0.39 is 39.9 Å². The molecule has 1 amide bonds. The number of phenolic OH excluding ortho intramolecular Hbond substituents is 1. The van der Waals surface area contributed by atoms with Gasteiger partial charge in [0.2, 0.25) is 0 Å². The number of aryl methyl sites for hydroxylation is 1. The van der Waals surface area contributed by atoms with E-state index in [9.17, 15) is 22.7 Å². The fourth-order valence-corrected chi connectivity index (χ4v) is 5.12. The molecule has 2 N–H and O–H groups in total. The predicted molar refractivity (Wildman–Crippen MR) is 105 cm³/mol. The SMILES string of the molecule is CC(C)CCN1CCCC1CCc1cc(O)c(N2CC(=O)NS2(=O)=O)c(F)c1. The second-order valence-corrected chi connectivity index (χ2v) is 9.63. The van der Waals surface area contributed by atoms with Crippen LogP contribution in [0.1, 0.15) is 45.1 Å². The molecule has 28 heavy (non-hydrogen) atoms. The third-order valence-electron chi connectivity index (χ3n) is 5.43. The lowest BCUT2D eigenvalue weighted by Gasteiger charge is -2.25. The van der Waals surface area contributed by atoms with Gasteiger partial charge in [-0.1, -0.05) is 13.8 Å². The number of hydrogen-bond acceptors (Lipinski definition) is 5. The van der Waals surface area contributed by atoms with E-state index in [4.69, 9.17) is 0 Å². The minimum absolute atomic E-state index is 0.449. The minimum Gasteiger partial charge on any atom is -0.506 e. The van der Waals surface area contributed by atoms with Crippen molar-refractivity contribution < 1.29 is 22.7 Å². The molecule has 2 fully saturated rings. The van der Waals surface area contributed by atoms with Gasteiger partial charge in [-0.25, -0.2) is 13.4 Å².